The highest BCUT2D eigenvalue weighted by atomic mass is 16.5. The molecule has 0 bridgehead atoms. The standard InChI is InChI=1S/C28H38N2O5/c1-19(2)16-23(30-27(33)35-18-21-10-8-7-9-11-21)25(31)29-24(26(32)34-6)17-20-12-14-22(15-13-20)28(3,4)5/h7-15,19,23-24H,16-18H2,1-6H3,(H,29,31)(H,30,33)/t23-,24+/m0/s1. The molecule has 0 fully saturated rings. The van der Waals surface area contributed by atoms with Crippen LogP contribution in [0.4, 0.5) is 4.79 Å². The molecular formula is C28H38N2O5. The van der Waals surface area contributed by atoms with Gasteiger partial charge in [-0.05, 0) is 34.4 Å². The molecule has 0 aliphatic rings. The Balaban J connectivity index is 2.06. The molecule has 0 spiro atoms. The number of hydrogen-bond donors (Lipinski definition) is 2. The maximum atomic E-state index is 13.1. The van der Waals surface area contributed by atoms with E-state index in [0.29, 0.717) is 6.42 Å². The van der Waals surface area contributed by atoms with Crippen LogP contribution < -0.4 is 10.6 Å². The van der Waals surface area contributed by atoms with E-state index in [1.165, 1.54) is 12.7 Å². The van der Waals surface area contributed by atoms with E-state index in [1.54, 1.807) is 0 Å². The van der Waals surface area contributed by atoms with E-state index in [4.69, 9.17) is 9.47 Å². The van der Waals surface area contributed by atoms with Crippen LogP contribution in [0.15, 0.2) is 54.6 Å². The third-order valence-electron chi connectivity index (χ3n) is 5.59. The summed E-state index contributed by atoms with van der Waals surface area (Å²) >= 11 is 0. The van der Waals surface area contributed by atoms with Crippen molar-refractivity contribution in [3.05, 3.63) is 71.3 Å². The summed E-state index contributed by atoms with van der Waals surface area (Å²) in [6.45, 7) is 10.4. The number of carbonyl (C=O) groups excluding carboxylic acids is 3. The molecule has 0 aromatic heterocycles. The Bertz CT molecular complexity index is 965. The van der Waals surface area contributed by atoms with Crippen molar-refractivity contribution in [2.45, 2.75) is 71.6 Å². The highest BCUT2D eigenvalue weighted by molar-refractivity contribution is 5.89. The van der Waals surface area contributed by atoms with Crippen LogP contribution in [0.25, 0.3) is 0 Å². The first-order valence-electron chi connectivity index (χ1n) is 11.9. The zero-order valence-electron chi connectivity index (χ0n) is 21.6. The Kier molecular flexibility index (Phi) is 10.3. The van der Waals surface area contributed by atoms with Gasteiger partial charge < -0.3 is 20.1 Å². The maximum absolute atomic E-state index is 13.1. The molecule has 2 aromatic carbocycles. The molecule has 0 radical (unpaired) electrons. The van der Waals surface area contributed by atoms with E-state index in [9.17, 15) is 14.4 Å². The van der Waals surface area contributed by atoms with Crippen molar-refractivity contribution in [3.8, 4) is 0 Å². The number of rotatable bonds is 10. The molecule has 35 heavy (non-hydrogen) atoms. The van der Waals surface area contributed by atoms with Gasteiger partial charge in [-0.2, -0.15) is 0 Å². The minimum atomic E-state index is -0.884. The molecule has 2 aromatic rings. The minimum Gasteiger partial charge on any atom is -0.467 e. The van der Waals surface area contributed by atoms with Crippen molar-refractivity contribution < 1.29 is 23.9 Å². The lowest BCUT2D eigenvalue weighted by Crippen LogP contribution is -2.53. The fourth-order valence-corrected chi connectivity index (χ4v) is 3.59. The van der Waals surface area contributed by atoms with E-state index in [2.05, 4.69) is 31.4 Å². The number of alkyl carbamates (subject to hydrolysis) is 1. The van der Waals surface area contributed by atoms with Crippen molar-refractivity contribution in [2.75, 3.05) is 7.11 Å². The molecule has 0 heterocycles. The SMILES string of the molecule is COC(=O)[C@@H](Cc1ccc(C(C)(C)C)cc1)NC(=O)[C@H](CC(C)C)NC(=O)OCc1ccccc1. The molecule has 2 amide bonds. The lowest BCUT2D eigenvalue weighted by Gasteiger charge is -2.24. The lowest BCUT2D eigenvalue weighted by molar-refractivity contribution is -0.145. The van der Waals surface area contributed by atoms with Gasteiger partial charge in [0.15, 0.2) is 0 Å². The van der Waals surface area contributed by atoms with Gasteiger partial charge in [0, 0.05) is 6.42 Å². The second kappa shape index (κ2) is 12.9. The summed E-state index contributed by atoms with van der Waals surface area (Å²) in [6.07, 6.45) is -0.0297. The highest BCUT2D eigenvalue weighted by Crippen LogP contribution is 2.22. The normalized spacial score (nSPS) is 13.0. The largest absolute Gasteiger partial charge is 0.467 e. The molecule has 2 N–H and O–H groups in total. The molecule has 2 rings (SSSR count). The van der Waals surface area contributed by atoms with Gasteiger partial charge >= 0.3 is 12.1 Å². The average molecular weight is 483 g/mol. The summed E-state index contributed by atoms with van der Waals surface area (Å²) in [5.74, 6) is -0.882. The number of hydrogen-bond acceptors (Lipinski definition) is 5. The fourth-order valence-electron chi connectivity index (χ4n) is 3.59. The van der Waals surface area contributed by atoms with Crippen LogP contribution in [0.2, 0.25) is 0 Å². The Morgan fingerprint density at radius 3 is 2.03 bits per heavy atom. The molecule has 2 atom stereocenters. The molecule has 0 aliphatic carbocycles. The molecule has 7 nitrogen and oxygen atoms in total. The molecule has 0 aliphatic heterocycles. The molecule has 0 saturated heterocycles. The van der Waals surface area contributed by atoms with E-state index < -0.39 is 30.1 Å². The van der Waals surface area contributed by atoms with Crippen LogP contribution in [0, 0.1) is 5.92 Å². The van der Waals surface area contributed by atoms with Crippen molar-refractivity contribution in [2.24, 2.45) is 5.92 Å². The fraction of sp³-hybridized carbons (Fsp3) is 0.464. The Morgan fingerprint density at radius 1 is 0.857 bits per heavy atom. The molecule has 0 unspecified atom stereocenters. The first-order valence-corrected chi connectivity index (χ1v) is 11.9. The summed E-state index contributed by atoms with van der Waals surface area (Å²) < 4.78 is 10.2. The minimum absolute atomic E-state index is 0.0132. The number of esters is 1. The van der Waals surface area contributed by atoms with Crippen LogP contribution >= 0.6 is 0 Å². The maximum Gasteiger partial charge on any atom is 0.408 e. The number of amides is 2. The van der Waals surface area contributed by atoms with Crippen molar-refractivity contribution >= 4 is 18.0 Å². The first kappa shape index (κ1) is 27.9. The smallest absolute Gasteiger partial charge is 0.408 e. The summed E-state index contributed by atoms with van der Waals surface area (Å²) in [7, 11) is 1.29. The monoisotopic (exact) mass is 482 g/mol. The number of carbonyl (C=O) groups is 3. The zero-order valence-corrected chi connectivity index (χ0v) is 21.6. The predicted molar refractivity (Wildman–Crippen MR) is 136 cm³/mol. The van der Waals surface area contributed by atoms with Gasteiger partial charge in [-0.3, -0.25) is 4.79 Å². The second-order valence-electron chi connectivity index (χ2n) is 10.1. The second-order valence-corrected chi connectivity index (χ2v) is 10.1. The highest BCUT2D eigenvalue weighted by Gasteiger charge is 2.28. The predicted octanol–water partition coefficient (Wildman–Crippen LogP) is 4.53. The summed E-state index contributed by atoms with van der Waals surface area (Å²) in [4.78, 5) is 37.9. The van der Waals surface area contributed by atoms with Crippen LogP contribution in [0.1, 0.15) is 57.7 Å². The number of benzene rings is 2. The molecular weight excluding hydrogens is 444 g/mol. The molecule has 7 heteroatoms. The van der Waals surface area contributed by atoms with Crippen LogP contribution in [0.5, 0.6) is 0 Å². The van der Waals surface area contributed by atoms with E-state index in [1.807, 2.05) is 68.4 Å². The van der Waals surface area contributed by atoms with Crippen LogP contribution in [-0.4, -0.2) is 37.2 Å². The van der Waals surface area contributed by atoms with Crippen LogP contribution in [-0.2, 0) is 37.5 Å². The topological polar surface area (TPSA) is 93.7 Å². The Morgan fingerprint density at radius 2 is 1.49 bits per heavy atom. The van der Waals surface area contributed by atoms with E-state index >= 15 is 0 Å². The quantitative estimate of drug-likeness (QED) is 0.486. The summed E-state index contributed by atoms with van der Waals surface area (Å²) in [5, 5.41) is 5.41. The van der Waals surface area contributed by atoms with Crippen molar-refractivity contribution in [1.29, 1.82) is 0 Å². The number of ether oxygens (including phenoxy) is 2. The van der Waals surface area contributed by atoms with Gasteiger partial charge in [-0.25, -0.2) is 9.59 Å². The average Bonchev–Trinajstić information content (AvgIpc) is 2.81. The van der Waals surface area contributed by atoms with Gasteiger partial charge in [0.05, 0.1) is 7.11 Å². The van der Waals surface area contributed by atoms with Gasteiger partial charge in [-0.1, -0.05) is 89.2 Å². The third kappa shape index (κ3) is 9.43. The summed E-state index contributed by atoms with van der Waals surface area (Å²) in [5.41, 5.74) is 2.93. The summed E-state index contributed by atoms with van der Waals surface area (Å²) in [6, 6.07) is 15.5. The molecule has 0 saturated carbocycles. The first-order chi connectivity index (χ1) is 16.5. The van der Waals surface area contributed by atoms with Gasteiger partial charge in [-0.15, -0.1) is 0 Å². The van der Waals surface area contributed by atoms with E-state index in [0.717, 1.165) is 11.1 Å². The number of nitrogens with one attached hydrogen (secondary N) is 2. The van der Waals surface area contributed by atoms with Gasteiger partial charge in [0.1, 0.15) is 18.7 Å². The lowest BCUT2D eigenvalue weighted by atomic mass is 9.86. The van der Waals surface area contributed by atoms with E-state index in [-0.39, 0.29) is 24.4 Å². The molecule has 190 valence electrons. The van der Waals surface area contributed by atoms with Crippen molar-refractivity contribution in [3.63, 3.8) is 0 Å². The van der Waals surface area contributed by atoms with Gasteiger partial charge in [0.2, 0.25) is 5.91 Å². The number of methoxy groups -OCH3 is 1. The van der Waals surface area contributed by atoms with Crippen molar-refractivity contribution in [1.82, 2.24) is 10.6 Å². The van der Waals surface area contributed by atoms with Crippen LogP contribution in [0.3, 0.4) is 0 Å². The Hall–Kier alpha value is -3.35. The zero-order chi connectivity index (χ0) is 26.0. The third-order valence-corrected chi connectivity index (χ3v) is 5.59. The Labute approximate surface area is 208 Å². The van der Waals surface area contributed by atoms with Gasteiger partial charge in [0.25, 0.3) is 0 Å².